The molecule has 54 heavy (non-hydrogen) atoms. The highest BCUT2D eigenvalue weighted by atomic mass is 16.5. The fraction of sp³-hybridized carbons (Fsp3) is 0.405. The lowest BCUT2D eigenvalue weighted by atomic mass is 9.94. The molecule has 3 fully saturated rings. The number of benzene rings is 2. The van der Waals surface area contributed by atoms with Crippen molar-refractivity contribution < 1.29 is 29.3 Å². The van der Waals surface area contributed by atoms with Gasteiger partial charge in [0.25, 0.3) is 11.8 Å². The summed E-state index contributed by atoms with van der Waals surface area (Å²) in [5, 5.41) is 31.3. The van der Waals surface area contributed by atoms with Gasteiger partial charge < -0.3 is 30.9 Å². The minimum atomic E-state index is -1.13. The molecule has 0 unspecified atom stereocenters. The molecule has 1 aliphatic heterocycles. The largest absolute Gasteiger partial charge is 0.480 e. The number of carbonyl (C=O) groups excluding carboxylic acids is 2. The molecule has 12 heteroatoms. The molecule has 0 spiro atoms. The summed E-state index contributed by atoms with van der Waals surface area (Å²) in [6.45, 7) is 5.93. The number of aromatic nitrogens is 2. The van der Waals surface area contributed by atoms with Crippen LogP contribution in [-0.2, 0) is 22.6 Å². The molecule has 282 valence electrons. The number of aliphatic hydroxyl groups excluding tert-OH is 1. The van der Waals surface area contributed by atoms with Crippen LogP contribution in [0.3, 0.4) is 0 Å². The summed E-state index contributed by atoms with van der Waals surface area (Å²) in [4.78, 5) is 47.5. The summed E-state index contributed by atoms with van der Waals surface area (Å²) in [6, 6.07) is 14.6. The maximum atomic E-state index is 13.6. The van der Waals surface area contributed by atoms with Gasteiger partial charge in [0.15, 0.2) is 0 Å². The van der Waals surface area contributed by atoms with Crippen molar-refractivity contribution in [2.24, 2.45) is 0 Å². The monoisotopic (exact) mass is 732 g/mol. The second-order valence-electron chi connectivity index (χ2n) is 14.7. The van der Waals surface area contributed by atoms with E-state index in [9.17, 15) is 24.6 Å². The van der Waals surface area contributed by atoms with Crippen LogP contribution in [0.2, 0.25) is 0 Å². The van der Waals surface area contributed by atoms with Crippen LogP contribution in [0.5, 0.6) is 0 Å². The van der Waals surface area contributed by atoms with E-state index < -0.39 is 18.6 Å². The Hall–Kier alpha value is -5.01. The molecule has 1 atom stereocenters. The Balaban J connectivity index is 1.05. The fourth-order valence-electron chi connectivity index (χ4n) is 7.21. The number of carboxylic acid groups (broad SMARTS) is 1. The standard InChI is InChI=1S/C42H48N6O6/c1-24-31(5-3-7-35(24)47-40(50)37-17-33(26-9-10-26)28(20-44-37)19-43-30-13-15-54-16-14-30)32-6-4-8-36(25(32)2)48-41(51)38-18-34(27-11-12-27)29(21-45-38)22-46-39(23-49)42(52)53/h3-8,17-18,20-21,26-27,30,39,43,46,49H,9-16,19,22-23H2,1-2H3,(H,47,50)(H,48,51)(H,52,53)/t39-/m1/s1. The molecule has 2 amide bonds. The van der Waals surface area contributed by atoms with Gasteiger partial charge in [-0.2, -0.15) is 0 Å². The second kappa shape index (κ2) is 16.6. The number of rotatable bonds is 15. The first-order chi connectivity index (χ1) is 26.2. The van der Waals surface area contributed by atoms with Crippen LogP contribution in [0.4, 0.5) is 11.4 Å². The van der Waals surface area contributed by atoms with Gasteiger partial charge in [0.05, 0.1) is 6.61 Å². The number of carbonyl (C=O) groups is 3. The van der Waals surface area contributed by atoms with Gasteiger partial charge in [-0.05, 0) is 133 Å². The molecule has 0 bridgehead atoms. The zero-order valence-corrected chi connectivity index (χ0v) is 30.8. The van der Waals surface area contributed by atoms with Gasteiger partial charge in [-0.1, -0.05) is 24.3 Å². The number of nitrogens with zero attached hydrogens (tertiary/aromatic N) is 2. The normalized spacial score (nSPS) is 16.5. The van der Waals surface area contributed by atoms with Crippen LogP contribution in [0.15, 0.2) is 60.9 Å². The number of anilines is 2. The number of hydrogen-bond donors (Lipinski definition) is 6. The lowest BCUT2D eigenvalue weighted by Crippen LogP contribution is -2.39. The average Bonchev–Trinajstić information content (AvgIpc) is 4.11. The Morgan fingerprint density at radius 1 is 0.759 bits per heavy atom. The number of aliphatic carboxylic acids is 1. The van der Waals surface area contributed by atoms with E-state index in [0.717, 1.165) is 97.2 Å². The molecular weight excluding hydrogens is 684 g/mol. The van der Waals surface area contributed by atoms with Crippen LogP contribution >= 0.6 is 0 Å². The van der Waals surface area contributed by atoms with Gasteiger partial charge in [0.1, 0.15) is 17.4 Å². The van der Waals surface area contributed by atoms with Crippen molar-refractivity contribution in [2.75, 3.05) is 30.5 Å². The van der Waals surface area contributed by atoms with Crippen LogP contribution in [-0.4, -0.2) is 69.9 Å². The molecule has 7 rings (SSSR count). The topological polar surface area (TPSA) is 175 Å². The number of pyridine rings is 2. The quantitative estimate of drug-likeness (QED) is 0.0874. The van der Waals surface area contributed by atoms with Crippen molar-refractivity contribution in [2.45, 2.75) is 89.4 Å². The molecule has 0 radical (unpaired) electrons. The Bertz CT molecular complexity index is 2040. The molecule has 2 aromatic carbocycles. The van der Waals surface area contributed by atoms with Crippen molar-refractivity contribution in [1.82, 2.24) is 20.6 Å². The molecule has 2 aromatic heterocycles. The van der Waals surface area contributed by atoms with Gasteiger partial charge in [-0.25, -0.2) is 0 Å². The molecule has 12 nitrogen and oxygen atoms in total. The van der Waals surface area contributed by atoms with Crippen molar-refractivity contribution in [3.8, 4) is 11.1 Å². The Morgan fingerprint density at radius 3 is 1.72 bits per heavy atom. The van der Waals surface area contributed by atoms with Crippen LogP contribution < -0.4 is 21.3 Å². The highest BCUT2D eigenvalue weighted by Gasteiger charge is 2.29. The van der Waals surface area contributed by atoms with Crippen LogP contribution in [0.25, 0.3) is 11.1 Å². The molecule has 6 N–H and O–H groups in total. The van der Waals surface area contributed by atoms with Gasteiger partial charge in [-0.15, -0.1) is 0 Å². The number of ether oxygens (including phenoxy) is 1. The molecule has 4 aromatic rings. The minimum absolute atomic E-state index is 0.220. The molecular formula is C42H48N6O6. The summed E-state index contributed by atoms with van der Waals surface area (Å²) in [5.41, 5.74) is 9.72. The predicted octanol–water partition coefficient (Wildman–Crippen LogP) is 5.82. The van der Waals surface area contributed by atoms with Gasteiger partial charge in [0.2, 0.25) is 0 Å². The number of carboxylic acids is 1. The first-order valence-electron chi connectivity index (χ1n) is 18.9. The van der Waals surface area contributed by atoms with E-state index in [2.05, 4.69) is 31.2 Å². The predicted molar refractivity (Wildman–Crippen MR) is 206 cm³/mol. The molecule has 3 aliphatic rings. The lowest BCUT2D eigenvalue weighted by molar-refractivity contribution is -0.140. The summed E-state index contributed by atoms with van der Waals surface area (Å²) < 4.78 is 5.50. The van der Waals surface area contributed by atoms with E-state index in [4.69, 9.17) is 4.74 Å². The number of amides is 2. The first-order valence-corrected chi connectivity index (χ1v) is 18.9. The molecule has 1 saturated heterocycles. The SMILES string of the molecule is Cc1c(NC(=O)c2cc(C3CC3)c(CNC3CCOCC3)cn2)cccc1-c1cccc(NC(=O)c2cc(C3CC3)c(CN[C@H](CO)C(=O)O)cn2)c1C. The molecule has 2 saturated carbocycles. The van der Waals surface area contributed by atoms with Gasteiger partial charge in [0, 0.05) is 56.1 Å². The van der Waals surface area contributed by atoms with Crippen molar-refractivity contribution in [3.63, 3.8) is 0 Å². The summed E-state index contributed by atoms with van der Waals surface area (Å²) >= 11 is 0. The Morgan fingerprint density at radius 2 is 1.26 bits per heavy atom. The summed E-state index contributed by atoms with van der Waals surface area (Å²) in [7, 11) is 0. The summed E-state index contributed by atoms with van der Waals surface area (Å²) in [5.74, 6) is -0.982. The first kappa shape index (κ1) is 37.3. The second-order valence-corrected chi connectivity index (χ2v) is 14.7. The third kappa shape index (κ3) is 8.68. The third-order valence-electron chi connectivity index (χ3n) is 10.8. The lowest BCUT2D eigenvalue weighted by Gasteiger charge is -2.23. The maximum Gasteiger partial charge on any atom is 0.323 e. The van der Waals surface area contributed by atoms with E-state index in [0.29, 0.717) is 29.0 Å². The van der Waals surface area contributed by atoms with E-state index in [1.807, 2.05) is 62.5 Å². The fourth-order valence-corrected chi connectivity index (χ4v) is 7.21. The highest BCUT2D eigenvalue weighted by molar-refractivity contribution is 6.05. The van der Waals surface area contributed by atoms with E-state index in [1.165, 1.54) is 5.56 Å². The van der Waals surface area contributed by atoms with E-state index >= 15 is 0 Å². The van der Waals surface area contributed by atoms with Crippen LogP contribution in [0.1, 0.15) is 105 Å². The van der Waals surface area contributed by atoms with E-state index in [-0.39, 0.29) is 30.0 Å². The van der Waals surface area contributed by atoms with Gasteiger partial charge in [-0.3, -0.25) is 29.7 Å². The Labute approximate surface area is 315 Å². The van der Waals surface area contributed by atoms with Crippen molar-refractivity contribution >= 4 is 29.2 Å². The van der Waals surface area contributed by atoms with E-state index in [1.54, 1.807) is 12.3 Å². The summed E-state index contributed by atoms with van der Waals surface area (Å²) in [6.07, 6.45) is 9.69. The third-order valence-corrected chi connectivity index (χ3v) is 10.8. The molecule has 3 heterocycles. The smallest absolute Gasteiger partial charge is 0.323 e. The van der Waals surface area contributed by atoms with Crippen LogP contribution in [0, 0.1) is 13.8 Å². The minimum Gasteiger partial charge on any atom is -0.480 e. The molecule has 2 aliphatic carbocycles. The Kier molecular flexibility index (Phi) is 11.4. The van der Waals surface area contributed by atoms with Gasteiger partial charge >= 0.3 is 5.97 Å². The number of nitrogens with one attached hydrogen (secondary N) is 4. The van der Waals surface area contributed by atoms with Crippen molar-refractivity contribution in [3.05, 3.63) is 106 Å². The number of hydrogen-bond acceptors (Lipinski definition) is 9. The highest BCUT2D eigenvalue weighted by Crippen LogP contribution is 2.43. The maximum absolute atomic E-state index is 13.6. The number of aliphatic hydroxyl groups is 1. The van der Waals surface area contributed by atoms with Crippen molar-refractivity contribution in [1.29, 1.82) is 0 Å². The average molecular weight is 733 g/mol. The zero-order valence-electron chi connectivity index (χ0n) is 30.8. The zero-order chi connectivity index (χ0) is 37.8.